The van der Waals surface area contributed by atoms with Crippen LogP contribution < -0.4 is 5.32 Å². The summed E-state index contributed by atoms with van der Waals surface area (Å²) >= 11 is 0. The number of methoxy groups -OCH3 is 1. The third-order valence-corrected chi connectivity index (χ3v) is 3.04. The minimum Gasteiger partial charge on any atom is -0.372 e. The maximum Gasteiger partial charge on any atom is 0.249 e. The van der Waals surface area contributed by atoms with Crippen LogP contribution in [0.3, 0.4) is 0 Å². The van der Waals surface area contributed by atoms with E-state index in [0.717, 1.165) is 12.8 Å². The Morgan fingerprint density at radius 3 is 2.64 bits per heavy atom. The fraction of sp³-hybridized carbons (Fsp3) is 0.909. The monoisotopic (exact) mass is 199 g/mol. The second-order valence-electron chi connectivity index (χ2n) is 4.99. The van der Waals surface area contributed by atoms with E-state index in [9.17, 15) is 4.79 Å². The van der Waals surface area contributed by atoms with Crippen molar-refractivity contribution < 1.29 is 9.53 Å². The highest BCUT2D eigenvalue weighted by molar-refractivity contribution is 5.80. The third kappa shape index (κ3) is 2.98. The maximum atomic E-state index is 11.5. The smallest absolute Gasteiger partial charge is 0.249 e. The van der Waals surface area contributed by atoms with Crippen molar-refractivity contribution in [1.29, 1.82) is 0 Å². The standard InChI is InChI=1S/C11H21NO2/c1-8(14-4)10(13)12-9-5-6-11(2,3)7-9/h8-9H,5-7H2,1-4H3,(H,12,13). The first-order chi connectivity index (χ1) is 6.44. The van der Waals surface area contributed by atoms with Crippen LogP contribution in [0.25, 0.3) is 0 Å². The zero-order chi connectivity index (χ0) is 10.8. The molecule has 1 saturated carbocycles. The first-order valence-electron chi connectivity index (χ1n) is 5.28. The molecular weight excluding hydrogens is 178 g/mol. The van der Waals surface area contributed by atoms with E-state index in [2.05, 4.69) is 19.2 Å². The van der Waals surface area contributed by atoms with E-state index in [4.69, 9.17) is 4.74 Å². The van der Waals surface area contributed by atoms with E-state index in [-0.39, 0.29) is 12.0 Å². The average Bonchev–Trinajstić information content (AvgIpc) is 2.44. The second-order valence-corrected chi connectivity index (χ2v) is 4.99. The number of ether oxygens (including phenoxy) is 1. The van der Waals surface area contributed by atoms with Gasteiger partial charge in [0.25, 0.3) is 0 Å². The minimum absolute atomic E-state index is 0.00944. The fourth-order valence-corrected chi connectivity index (χ4v) is 1.98. The fourth-order valence-electron chi connectivity index (χ4n) is 1.98. The molecule has 3 heteroatoms. The molecular formula is C11H21NO2. The Morgan fingerprint density at radius 1 is 1.57 bits per heavy atom. The first-order valence-corrected chi connectivity index (χ1v) is 5.28. The molecule has 0 aromatic carbocycles. The molecule has 0 spiro atoms. The Morgan fingerprint density at radius 2 is 2.21 bits per heavy atom. The van der Waals surface area contributed by atoms with E-state index in [1.165, 1.54) is 6.42 Å². The highest BCUT2D eigenvalue weighted by Gasteiger charge is 2.32. The van der Waals surface area contributed by atoms with Crippen molar-refractivity contribution in [2.75, 3.05) is 7.11 Å². The van der Waals surface area contributed by atoms with Crippen molar-refractivity contribution in [2.45, 2.75) is 52.2 Å². The van der Waals surface area contributed by atoms with Gasteiger partial charge in [0.05, 0.1) is 0 Å². The number of rotatable bonds is 3. The van der Waals surface area contributed by atoms with Crippen molar-refractivity contribution in [3.05, 3.63) is 0 Å². The lowest BCUT2D eigenvalue weighted by atomic mass is 9.92. The number of carbonyl (C=O) groups excluding carboxylic acids is 1. The van der Waals surface area contributed by atoms with Crippen LogP contribution in [0.5, 0.6) is 0 Å². The highest BCUT2D eigenvalue weighted by atomic mass is 16.5. The molecule has 2 atom stereocenters. The van der Waals surface area contributed by atoms with Crippen molar-refractivity contribution in [2.24, 2.45) is 5.41 Å². The molecule has 1 amide bonds. The average molecular weight is 199 g/mol. The molecule has 1 N–H and O–H groups in total. The molecule has 0 heterocycles. The number of amides is 1. The summed E-state index contributed by atoms with van der Waals surface area (Å²) in [7, 11) is 1.56. The van der Waals surface area contributed by atoms with Crippen LogP contribution >= 0.6 is 0 Å². The van der Waals surface area contributed by atoms with E-state index in [0.29, 0.717) is 11.5 Å². The molecule has 82 valence electrons. The molecule has 0 aromatic rings. The summed E-state index contributed by atoms with van der Waals surface area (Å²) in [5.41, 5.74) is 0.383. The summed E-state index contributed by atoms with van der Waals surface area (Å²) in [6.07, 6.45) is 3.03. The summed E-state index contributed by atoms with van der Waals surface area (Å²) in [6, 6.07) is 0.343. The first kappa shape index (κ1) is 11.5. The van der Waals surface area contributed by atoms with Gasteiger partial charge in [-0.25, -0.2) is 0 Å². The van der Waals surface area contributed by atoms with Crippen molar-refractivity contribution in [1.82, 2.24) is 5.32 Å². The normalized spacial score (nSPS) is 27.3. The Balaban J connectivity index is 2.36. The molecule has 14 heavy (non-hydrogen) atoms. The highest BCUT2D eigenvalue weighted by Crippen LogP contribution is 2.36. The predicted octanol–water partition coefficient (Wildman–Crippen LogP) is 1.72. The predicted molar refractivity (Wildman–Crippen MR) is 56.0 cm³/mol. The molecule has 1 aliphatic rings. The van der Waals surface area contributed by atoms with E-state index >= 15 is 0 Å². The van der Waals surface area contributed by atoms with E-state index in [1.807, 2.05) is 0 Å². The van der Waals surface area contributed by atoms with Crippen LogP contribution in [0.2, 0.25) is 0 Å². The molecule has 0 aromatic heterocycles. The summed E-state index contributed by atoms with van der Waals surface area (Å²) in [6.45, 7) is 6.27. The Hall–Kier alpha value is -0.570. The Bertz CT molecular complexity index is 213. The Labute approximate surface area is 86.2 Å². The van der Waals surface area contributed by atoms with Crippen LogP contribution in [-0.2, 0) is 9.53 Å². The summed E-state index contributed by atoms with van der Waals surface area (Å²) in [4.78, 5) is 11.5. The lowest BCUT2D eigenvalue weighted by Crippen LogP contribution is -2.40. The number of nitrogens with one attached hydrogen (secondary N) is 1. The molecule has 0 saturated heterocycles. The summed E-state index contributed by atoms with van der Waals surface area (Å²) < 4.78 is 4.96. The molecule has 0 aliphatic heterocycles. The van der Waals surface area contributed by atoms with Gasteiger partial charge in [0.15, 0.2) is 0 Å². The lowest BCUT2D eigenvalue weighted by molar-refractivity contribution is -0.130. The number of hydrogen-bond donors (Lipinski definition) is 1. The van der Waals surface area contributed by atoms with Gasteiger partial charge >= 0.3 is 0 Å². The summed E-state index contributed by atoms with van der Waals surface area (Å²) in [5.74, 6) is 0.00944. The second kappa shape index (κ2) is 4.30. The van der Waals surface area contributed by atoms with Gasteiger partial charge in [-0.1, -0.05) is 13.8 Å². The van der Waals surface area contributed by atoms with Crippen LogP contribution in [0.1, 0.15) is 40.0 Å². The van der Waals surface area contributed by atoms with Crippen LogP contribution in [0.15, 0.2) is 0 Å². The van der Waals surface area contributed by atoms with Crippen molar-refractivity contribution in [3.63, 3.8) is 0 Å². The minimum atomic E-state index is -0.335. The van der Waals surface area contributed by atoms with Gasteiger partial charge in [-0.15, -0.1) is 0 Å². The lowest BCUT2D eigenvalue weighted by Gasteiger charge is -2.19. The molecule has 1 fully saturated rings. The third-order valence-electron chi connectivity index (χ3n) is 3.04. The van der Waals surface area contributed by atoms with Crippen LogP contribution in [0.4, 0.5) is 0 Å². The molecule has 2 unspecified atom stereocenters. The largest absolute Gasteiger partial charge is 0.372 e. The van der Waals surface area contributed by atoms with Gasteiger partial charge in [-0.3, -0.25) is 4.79 Å². The molecule has 0 bridgehead atoms. The van der Waals surface area contributed by atoms with Gasteiger partial charge in [0.1, 0.15) is 6.10 Å². The van der Waals surface area contributed by atoms with E-state index < -0.39 is 0 Å². The quantitative estimate of drug-likeness (QED) is 0.751. The van der Waals surface area contributed by atoms with Gasteiger partial charge in [0.2, 0.25) is 5.91 Å². The molecule has 0 radical (unpaired) electrons. The zero-order valence-corrected chi connectivity index (χ0v) is 9.59. The maximum absolute atomic E-state index is 11.5. The van der Waals surface area contributed by atoms with Crippen molar-refractivity contribution >= 4 is 5.91 Å². The number of hydrogen-bond acceptors (Lipinski definition) is 2. The van der Waals surface area contributed by atoms with Gasteiger partial charge in [-0.2, -0.15) is 0 Å². The Kier molecular flexibility index (Phi) is 3.53. The topological polar surface area (TPSA) is 38.3 Å². The number of carbonyl (C=O) groups is 1. The molecule has 1 aliphatic carbocycles. The SMILES string of the molecule is COC(C)C(=O)NC1CCC(C)(C)C1. The van der Waals surface area contributed by atoms with E-state index in [1.54, 1.807) is 14.0 Å². The van der Waals surface area contributed by atoms with Gasteiger partial charge in [0, 0.05) is 13.2 Å². The van der Waals surface area contributed by atoms with Crippen molar-refractivity contribution in [3.8, 4) is 0 Å². The molecule has 3 nitrogen and oxygen atoms in total. The van der Waals surface area contributed by atoms with Crippen LogP contribution in [0, 0.1) is 5.41 Å². The van der Waals surface area contributed by atoms with Gasteiger partial charge in [-0.05, 0) is 31.6 Å². The zero-order valence-electron chi connectivity index (χ0n) is 9.59. The summed E-state index contributed by atoms with van der Waals surface area (Å²) in [5, 5.41) is 3.02. The molecule has 1 rings (SSSR count). The van der Waals surface area contributed by atoms with Gasteiger partial charge < -0.3 is 10.1 Å². The van der Waals surface area contributed by atoms with Crippen LogP contribution in [-0.4, -0.2) is 25.2 Å².